The Kier molecular flexibility index (Phi) is 2.18. The second-order valence-corrected chi connectivity index (χ2v) is 4.60. The largest absolute Gasteiger partial charge is 0.126 e. The van der Waals surface area contributed by atoms with E-state index in [1.165, 1.54) is 18.4 Å². The lowest BCUT2D eigenvalue weighted by Gasteiger charge is -2.10. The van der Waals surface area contributed by atoms with Crippen LogP contribution in [-0.4, -0.2) is 5.88 Å². The molecule has 0 aliphatic heterocycles. The van der Waals surface area contributed by atoms with E-state index in [1.807, 2.05) is 0 Å². The lowest BCUT2D eigenvalue weighted by Crippen LogP contribution is -2.07. The third-order valence-electron chi connectivity index (χ3n) is 2.57. The quantitative estimate of drug-likeness (QED) is 0.697. The Labute approximate surface area is 86.1 Å². The molecular weight excluding hydrogens is 235 g/mol. The predicted octanol–water partition coefficient (Wildman–Crippen LogP) is 3.72. The first-order valence-electron chi connectivity index (χ1n) is 4.09. The summed E-state index contributed by atoms with van der Waals surface area (Å²) in [7, 11) is 0. The number of benzene rings is 1. The van der Waals surface area contributed by atoms with E-state index in [0.717, 1.165) is 10.4 Å². The summed E-state index contributed by atoms with van der Waals surface area (Å²) < 4.78 is 1.14. The van der Waals surface area contributed by atoms with Crippen LogP contribution in [0.1, 0.15) is 18.4 Å². The first-order chi connectivity index (χ1) is 5.77. The second-order valence-electron chi connectivity index (χ2n) is 3.42. The zero-order valence-corrected chi connectivity index (χ0v) is 9.03. The number of halogens is 2. The average molecular weight is 246 g/mol. The van der Waals surface area contributed by atoms with Gasteiger partial charge < -0.3 is 0 Å². The van der Waals surface area contributed by atoms with Gasteiger partial charge in [-0.25, -0.2) is 0 Å². The average Bonchev–Trinajstić information content (AvgIpc) is 2.86. The van der Waals surface area contributed by atoms with Crippen molar-refractivity contribution in [2.75, 3.05) is 5.88 Å². The van der Waals surface area contributed by atoms with Crippen molar-refractivity contribution in [3.8, 4) is 0 Å². The van der Waals surface area contributed by atoms with Crippen LogP contribution in [0.2, 0.25) is 0 Å². The molecule has 0 heterocycles. The van der Waals surface area contributed by atoms with Gasteiger partial charge in [0.05, 0.1) is 0 Å². The molecule has 0 radical (unpaired) electrons. The van der Waals surface area contributed by atoms with Crippen LogP contribution < -0.4 is 0 Å². The smallest absolute Gasteiger partial charge is 0.0320 e. The summed E-state index contributed by atoms with van der Waals surface area (Å²) in [6, 6.07) is 8.50. The van der Waals surface area contributed by atoms with Crippen LogP contribution in [0, 0.1) is 0 Å². The van der Waals surface area contributed by atoms with Gasteiger partial charge in [-0.05, 0) is 30.5 Å². The minimum absolute atomic E-state index is 0.322. The minimum Gasteiger partial charge on any atom is -0.126 e. The molecular formula is C10H10BrCl. The standard InChI is InChI=1S/C10H10BrCl/c11-9-3-1-8(2-4-9)10(7-12)5-6-10/h1-4H,5-7H2. The first kappa shape index (κ1) is 8.58. The Morgan fingerprint density at radius 3 is 2.25 bits per heavy atom. The van der Waals surface area contributed by atoms with Gasteiger partial charge >= 0.3 is 0 Å². The highest BCUT2D eigenvalue weighted by atomic mass is 79.9. The summed E-state index contributed by atoms with van der Waals surface area (Å²) in [5.41, 5.74) is 1.71. The SMILES string of the molecule is ClCC1(c2ccc(Br)cc2)CC1. The third-order valence-corrected chi connectivity index (χ3v) is 3.61. The molecule has 0 atom stereocenters. The maximum atomic E-state index is 5.92. The molecule has 1 aliphatic rings. The van der Waals surface area contributed by atoms with E-state index in [4.69, 9.17) is 11.6 Å². The Morgan fingerprint density at radius 2 is 1.83 bits per heavy atom. The van der Waals surface area contributed by atoms with Crippen LogP contribution in [0.4, 0.5) is 0 Å². The summed E-state index contributed by atoms with van der Waals surface area (Å²) in [6.07, 6.45) is 2.50. The summed E-state index contributed by atoms with van der Waals surface area (Å²) in [5.74, 6) is 0.759. The molecule has 64 valence electrons. The fourth-order valence-corrected chi connectivity index (χ4v) is 2.14. The van der Waals surface area contributed by atoms with Crippen molar-refractivity contribution < 1.29 is 0 Å². The van der Waals surface area contributed by atoms with Crippen molar-refractivity contribution >= 4 is 27.5 Å². The third kappa shape index (κ3) is 1.40. The summed E-state index contributed by atoms with van der Waals surface area (Å²) in [5, 5.41) is 0. The van der Waals surface area contributed by atoms with Gasteiger partial charge in [-0.15, -0.1) is 11.6 Å². The van der Waals surface area contributed by atoms with Gasteiger partial charge in [0.2, 0.25) is 0 Å². The maximum absolute atomic E-state index is 5.92. The van der Waals surface area contributed by atoms with E-state index in [-0.39, 0.29) is 0 Å². The number of hydrogen-bond acceptors (Lipinski definition) is 0. The van der Waals surface area contributed by atoms with Gasteiger partial charge in [-0.3, -0.25) is 0 Å². The highest BCUT2D eigenvalue weighted by Crippen LogP contribution is 2.49. The van der Waals surface area contributed by atoms with Crippen LogP contribution in [0.25, 0.3) is 0 Å². The van der Waals surface area contributed by atoms with Crippen molar-refractivity contribution in [3.63, 3.8) is 0 Å². The molecule has 0 spiro atoms. The molecule has 1 fully saturated rings. The van der Waals surface area contributed by atoms with Crippen molar-refractivity contribution in [3.05, 3.63) is 34.3 Å². The van der Waals surface area contributed by atoms with E-state index >= 15 is 0 Å². The van der Waals surface area contributed by atoms with Gasteiger partial charge in [0.1, 0.15) is 0 Å². The highest BCUT2D eigenvalue weighted by molar-refractivity contribution is 9.10. The molecule has 0 N–H and O–H groups in total. The Balaban J connectivity index is 2.29. The second kappa shape index (κ2) is 3.04. The predicted molar refractivity (Wildman–Crippen MR) is 55.8 cm³/mol. The molecule has 12 heavy (non-hydrogen) atoms. The normalized spacial score (nSPS) is 19.2. The van der Waals surface area contributed by atoms with Crippen LogP contribution in [0.5, 0.6) is 0 Å². The fourth-order valence-electron chi connectivity index (χ4n) is 1.45. The minimum atomic E-state index is 0.322. The molecule has 2 rings (SSSR count). The van der Waals surface area contributed by atoms with E-state index in [9.17, 15) is 0 Å². The lowest BCUT2D eigenvalue weighted by atomic mass is 9.99. The molecule has 0 saturated heterocycles. The lowest BCUT2D eigenvalue weighted by molar-refractivity contribution is 0.797. The summed E-state index contributed by atoms with van der Waals surface area (Å²) in [4.78, 5) is 0. The molecule has 2 heteroatoms. The van der Waals surface area contributed by atoms with E-state index in [1.54, 1.807) is 0 Å². The molecule has 0 aromatic heterocycles. The molecule has 1 saturated carbocycles. The van der Waals surface area contributed by atoms with Gasteiger partial charge in [-0.1, -0.05) is 28.1 Å². The Hall–Kier alpha value is -0.0100. The van der Waals surface area contributed by atoms with Gasteiger partial charge in [-0.2, -0.15) is 0 Å². The topological polar surface area (TPSA) is 0 Å². The van der Waals surface area contributed by atoms with Crippen molar-refractivity contribution in [2.45, 2.75) is 18.3 Å². The van der Waals surface area contributed by atoms with Gasteiger partial charge in [0, 0.05) is 15.8 Å². The fraction of sp³-hybridized carbons (Fsp3) is 0.400. The molecule has 0 amide bonds. The number of hydrogen-bond donors (Lipinski definition) is 0. The van der Waals surface area contributed by atoms with Crippen molar-refractivity contribution in [2.24, 2.45) is 0 Å². The maximum Gasteiger partial charge on any atom is 0.0320 e. The monoisotopic (exact) mass is 244 g/mol. The molecule has 1 aliphatic carbocycles. The zero-order chi connectivity index (χ0) is 8.60. The number of alkyl halides is 1. The van der Waals surface area contributed by atoms with Crippen molar-refractivity contribution in [1.82, 2.24) is 0 Å². The van der Waals surface area contributed by atoms with Crippen LogP contribution in [0.3, 0.4) is 0 Å². The van der Waals surface area contributed by atoms with Crippen LogP contribution in [0.15, 0.2) is 28.7 Å². The van der Waals surface area contributed by atoms with Crippen LogP contribution >= 0.6 is 27.5 Å². The summed E-state index contributed by atoms with van der Waals surface area (Å²) >= 11 is 9.34. The molecule has 0 bridgehead atoms. The number of rotatable bonds is 2. The highest BCUT2D eigenvalue weighted by Gasteiger charge is 2.43. The molecule has 1 aromatic rings. The molecule has 0 nitrogen and oxygen atoms in total. The first-order valence-corrected chi connectivity index (χ1v) is 5.42. The van der Waals surface area contributed by atoms with E-state index < -0.39 is 0 Å². The summed E-state index contributed by atoms with van der Waals surface area (Å²) in [6.45, 7) is 0. The van der Waals surface area contributed by atoms with E-state index in [0.29, 0.717) is 5.41 Å². The van der Waals surface area contributed by atoms with Crippen molar-refractivity contribution in [1.29, 1.82) is 0 Å². The molecule has 0 unspecified atom stereocenters. The van der Waals surface area contributed by atoms with Crippen LogP contribution in [-0.2, 0) is 5.41 Å². The Bertz CT molecular complexity index is 274. The zero-order valence-electron chi connectivity index (χ0n) is 6.69. The van der Waals surface area contributed by atoms with Gasteiger partial charge in [0.25, 0.3) is 0 Å². The van der Waals surface area contributed by atoms with E-state index in [2.05, 4.69) is 40.2 Å². The Morgan fingerprint density at radius 1 is 1.25 bits per heavy atom. The molecule has 1 aromatic carbocycles. The van der Waals surface area contributed by atoms with Gasteiger partial charge in [0.15, 0.2) is 0 Å².